The van der Waals surface area contributed by atoms with Crippen molar-refractivity contribution >= 4 is 33.5 Å². The molecular weight excluding hydrogens is 322 g/mol. The van der Waals surface area contributed by atoms with Gasteiger partial charge in [-0.2, -0.15) is 11.8 Å². The second-order valence-corrected chi connectivity index (χ2v) is 7.40. The summed E-state index contributed by atoms with van der Waals surface area (Å²) in [5.74, 6) is 2.20. The van der Waals surface area contributed by atoms with Crippen LogP contribution in [0, 0.1) is 0 Å². The Morgan fingerprint density at radius 2 is 2.16 bits per heavy atom. The number of rotatable bonds is 4. The molecule has 3 nitrogen and oxygen atoms in total. The van der Waals surface area contributed by atoms with Crippen molar-refractivity contribution in [3.63, 3.8) is 0 Å². The van der Waals surface area contributed by atoms with E-state index in [0.29, 0.717) is 12.0 Å². The van der Waals surface area contributed by atoms with Crippen molar-refractivity contribution in [3.8, 4) is 0 Å². The molecule has 2 atom stereocenters. The maximum atomic E-state index is 4.62. The molecule has 0 amide bonds. The van der Waals surface area contributed by atoms with Crippen LogP contribution in [0.4, 0.5) is 5.82 Å². The zero-order valence-electron chi connectivity index (χ0n) is 11.8. The molecule has 1 N–H and O–H groups in total. The zero-order chi connectivity index (χ0) is 13.8. The number of hydrogen-bond donors (Lipinski definition) is 1. The topological polar surface area (TPSA) is 37.8 Å². The second kappa shape index (κ2) is 6.93. The summed E-state index contributed by atoms with van der Waals surface area (Å²) in [7, 11) is 0. The van der Waals surface area contributed by atoms with Crippen molar-refractivity contribution in [1.82, 2.24) is 9.97 Å². The van der Waals surface area contributed by atoms with Crippen LogP contribution in [0.2, 0.25) is 0 Å². The van der Waals surface area contributed by atoms with Crippen molar-refractivity contribution in [2.45, 2.75) is 56.7 Å². The van der Waals surface area contributed by atoms with Crippen LogP contribution >= 0.6 is 27.7 Å². The summed E-state index contributed by atoms with van der Waals surface area (Å²) in [4.78, 5) is 9.04. The van der Waals surface area contributed by atoms with E-state index in [9.17, 15) is 0 Å². The van der Waals surface area contributed by atoms with Crippen LogP contribution in [0.1, 0.15) is 51.3 Å². The largest absolute Gasteiger partial charge is 0.367 e. The van der Waals surface area contributed by atoms with E-state index in [0.717, 1.165) is 21.5 Å². The molecule has 1 saturated carbocycles. The van der Waals surface area contributed by atoms with Crippen LogP contribution in [-0.4, -0.2) is 27.5 Å². The van der Waals surface area contributed by atoms with Gasteiger partial charge in [-0.25, -0.2) is 9.97 Å². The summed E-state index contributed by atoms with van der Waals surface area (Å²) in [5, 5.41) is 4.38. The first-order valence-corrected chi connectivity index (χ1v) is 9.00. The van der Waals surface area contributed by atoms with Gasteiger partial charge >= 0.3 is 0 Å². The predicted octanol–water partition coefficient (Wildman–Crippen LogP) is 4.45. The molecule has 0 radical (unpaired) electrons. The van der Waals surface area contributed by atoms with Gasteiger partial charge in [0, 0.05) is 23.3 Å². The maximum absolute atomic E-state index is 4.62. The molecule has 0 spiro atoms. The molecule has 0 aromatic carbocycles. The number of thioether (sulfide) groups is 1. The molecule has 0 aliphatic heterocycles. The molecule has 1 aliphatic carbocycles. The lowest BCUT2D eigenvalue weighted by Crippen LogP contribution is -2.29. The van der Waals surface area contributed by atoms with Crippen LogP contribution in [0.15, 0.2) is 10.7 Å². The van der Waals surface area contributed by atoms with Crippen molar-refractivity contribution in [2.24, 2.45) is 0 Å². The molecular formula is C14H22BrN3S. The van der Waals surface area contributed by atoms with E-state index in [1.165, 1.54) is 25.7 Å². The average molecular weight is 344 g/mol. The standard InChI is InChI=1S/C14H22BrN3S/c1-9(2)14-17-12(15)8-13(18-14)16-10-5-4-6-11(7-10)19-3/h8-11H,4-7H2,1-3H3,(H,16,17,18). The highest BCUT2D eigenvalue weighted by atomic mass is 79.9. The highest BCUT2D eigenvalue weighted by Gasteiger charge is 2.21. The molecule has 1 fully saturated rings. The normalized spacial score (nSPS) is 23.6. The fraction of sp³-hybridized carbons (Fsp3) is 0.714. The lowest BCUT2D eigenvalue weighted by Gasteiger charge is -2.29. The van der Waals surface area contributed by atoms with E-state index < -0.39 is 0 Å². The Hall–Kier alpha value is -0.290. The molecule has 2 unspecified atom stereocenters. The molecule has 1 aromatic heterocycles. The Labute approximate surface area is 128 Å². The van der Waals surface area contributed by atoms with Gasteiger partial charge in [-0.15, -0.1) is 0 Å². The summed E-state index contributed by atoms with van der Waals surface area (Å²) in [6, 6.07) is 2.53. The SMILES string of the molecule is CSC1CCCC(Nc2cc(Br)nc(C(C)C)n2)C1. The smallest absolute Gasteiger partial charge is 0.134 e. The highest BCUT2D eigenvalue weighted by Crippen LogP contribution is 2.29. The van der Waals surface area contributed by atoms with Gasteiger partial charge in [-0.3, -0.25) is 0 Å². The number of nitrogens with zero attached hydrogens (tertiary/aromatic N) is 2. The van der Waals surface area contributed by atoms with Crippen LogP contribution in [0.3, 0.4) is 0 Å². The van der Waals surface area contributed by atoms with Gasteiger partial charge in [0.1, 0.15) is 16.2 Å². The third kappa shape index (κ3) is 4.35. The molecule has 0 saturated heterocycles. The monoisotopic (exact) mass is 343 g/mol. The first-order valence-electron chi connectivity index (χ1n) is 6.92. The zero-order valence-corrected chi connectivity index (χ0v) is 14.2. The number of nitrogens with one attached hydrogen (secondary N) is 1. The van der Waals surface area contributed by atoms with Crippen molar-refractivity contribution in [1.29, 1.82) is 0 Å². The maximum Gasteiger partial charge on any atom is 0.134 e. The van der Waals surface area contributed by atoms with Gasteiger partial charge in [0.2, 0.25) is 0 Å². The molecule has 1 aromatic rings. The molecule has 5 heteroatoms. The average Bonchev–Trinajstić information content (AvgIpc) is 2.38. The molecule has 19 heavy (non-hydrogen) atoms. The molecule has 2 rings (SSSR count). The Balaban J connectivity index is 2.06. The van der Waals surface area contributed by atoms with Gasteiger partial charge in [-0.1, -0.05) is 20.3 Å². The second-order valence-electron chi connectivity index (χ2n) is 5.45. The minimum absolute atomic E-state index is 0.350. The minimum Gasteiger partial charge on any atom is -0.367 e. The van der Waals surface area contributed by atoms with Gasteiger partial charge in [0.25, 0.3) is 0 Å². The van der Waals surface area contributed by atoms with Crippen LogP contribution < -0.4 is 5.32 Å². The summed E-state index contributed by atoms with van der Waals surface area (Å²) in [6.45, 7) is 4.24. The Bertz CT molecular complexity index is 425. The third-order valence-corrected chi connectivity index (χ3v) is 5.04. The molecule has 106 valence electrons. The van der Waals surface area contributed by atoms with Gasteiger partial charge in [0.15, 0.2) is 0 Å². The van der Waals surface area contributed by atoms with Crippen LogP contribution in [-0.2, 0) is 0 Å². The van der Waals surface area contributed by atoms with Crippen molar-refractivity contribution in [2.75, 3.05) is 11.6 Å². The summed E-state index contributed by atoms with van der Waals surface area (Å²) in [5.41, 5.74) is 0. The van der Waals surface area contributed by atoms with E-state index in [2.05, 4.69) is 51.3 Å². The third-order valence-electron chi connectivity index (χ3n) is 3.54. The van der Waals surface area contributed by atoms with E-state index in [-0.39, 0.29) is 0 Å². The lowest BCUT2D eigenvalue weighted by atomic mass is 9.95. The molecule has 0 bridgehead atoms. The van der Waals surface area contributed by atoms with Crippen molar-refractivity contribution in [3.05, 3.63) is 16.5 Å². The Kier molecular flexibility index (Phi) is 5.51. The van der Waals surface area contributed by atoms with Crippen molar-refractivity contribution < 1.29 is 0 Å². The van der Waals surface area contributed by atoms with E-state index in [1.807, 2.05) is 17.8 Å². The lowest BCUT2D eigenvalue weighted by molar-refractivity contribution is 0.472. The Morgan fingerprint density at radius 1 is 1.37 bits per heavy atom. The molecule has 1 aliphatic rings. The van der Waals surface area contributed by atoms with E-state index >= 15 is 0 Å². The highest BCUT2D eigenvalue weighted by molar-refractivity contribution is 9.10. The predicted molar refractivity (Wildman–Crippen MR) is 87.0 cm³/mol. The minimum atomic E-state index is 0.350. The van der Waals surface area contributed by atoms with Gasteiger partial charge in [-0.05, 0) is 41.4 Å². The quantitative estimate of drug-likeness (QED) is 0.819. The first-order chi connectivity index (χ1) is 9.08. The number of hydrogen-bond acceptors (Lipinski definition) is 4. The van der Waals surface area contributed by atoms with Crippen LogP contribution in [0.5, 0.6) is 0 Å². The first kappa shape index (κ1) is 15.1. The molecule has 1 heterocycles. The Morgan fingerprint density at radius 3 is 2.84 bits per heavy atom. The van der Waals surface area contributed by atoms with Crippen LogP contribution in [0.25, 0.3) is 0 Å². The number of anilines is 1. The fourth-order valence-electron chi connectivity index (χ4n) is 2.47. The van der Waals surface area contributed by atoms with Gasteiger partial charge < -0.3 is 5.32 Å². The van der Waals surface area contributed by atoms with Gasteiger partial charge in [0.05, 0.1) is 0 Å². The summed E-state index contributed by atoms with van der Waals surface area (Å²) in [6.07, 6.45) is 7.36. The fourth-order valence-corrected chi connectivity index (χ4v) is 3.69. The number of aromatic nitrogens is 2. The van der Waals surface area contributed by atoms with E-state index in [1.54, 1.807) is 0 Å². The summed E-state index contributed by atoms with van der Waals surface area (Å²) >= 11 is 5.47. The number of halogens is 1. The summed E-state index contributed by atoms with van der Waals surface area (Å²) < 4.78 is 0.867. The van der Waals surface area contributed by atoms with E-state index in [4.69, 9.17) is 0 Å².